The molecule has 0 bridgehead atoms. The van der Waals surface area contributed by atoms with Gasteiger partial charge in [-0.2, -0.15) is 9.57 Å². The van der Waals surface area contributed by atoms with Crippen LogP contribution in [0.2, 0.25) is 0 Å². The van der Waals surface area contributed by atoms with Crippen LogP contribution in [-0.2, 0) is 10.0 Å². The third-order valence-electron chi connectivity index (χ3n) is 5.58. The van der Waals surface area contributed by atoms with E-state index in [2.05, 4.69) is 5.32 Å². The zero-order chi connectivity index (χ0) is 20.9. The number of amides is 1. The number of nitrogens with one attached hydrogen (secondary N) is 1. The lowest BCUT2D eigenvalue weighted by atomic mass is 9.82. The van der Waals surface area contributed by atoms with E-state index >= 15 is 0 Å². The molecule has 1 aliphatic rings. The molecule has 1 fully saturated rings. The second kappa shape index (κ2) is 9.25. The summed E-state index contributed by atoms with van der Waals surface area (Å²) >= 11 is 0. The molecule has 1 amide bonds. The number of benzene rings is 2. The van der Waals surface area contributed by atoms with Crippen LogP contribution in [0.1, 0.15) is 25.7 Å². The highest BCUT2D eigenvalue weighted by atomic mass is 32.2. The normalized spacial score (nSPS) is 19.7. The second-order valence-corrected chi connectivity index (χ2v) is 9.48. The van der Waals surface area contributed by atoms with Crippen LogP contribution >= 0.6 is 0 Å². The summed E-state index contributed by atoms with van der Waals surface area (Å²) in [6.45, 7) is 0.552. The van der Waals surface area contributed by atoms with Gasteiger partial charge in [0.05, 0.1) is 11.0 Å². The first kappa shape index (κ1) is 21.1. The third kappa shape index (κ3) is 5.25. The smallest absolute Gasteiger partial charge is 0.404 e. The van der Waals surface area contributed by atoms with Gasteiger partial charge in [0.2, 0.25) is 10.0 Å². The minimum Gasteiger partial charge on any atom is -0.465 e. The van der Waals surface area contributed by atoms with E-state index in [0.717, 1.165) is 36.5 Å². The van der Waals surface area contributed by atoms with Gasteiger partial charge in [0.15, 0.2) is 0 Å². The van der Waals surface area contributed by atoms with E-state index in [1.165, 1.54) is 4.31 Å². The van der Waals surface area contributed by atoms with Crippen LogP contribution in [0.15, 0.2) is 47.4 Å². The second-order valence-electron chi connectivity index (χ2n) is 7.54. The predicted molar refractivity (Wildman–Crippen MR) is 110 cm³/mol. The van der Waals surface area contributed by atoms with Crippen molar-refractivity contribution in [3.05, 3.63) is 42.5 Å². The number of rotatable bonds is 7. The quantitative estimate of drug-likeness (QED) is 0.673. The Hall–Kier alpha value is -2.63. The van der Waals surface area contributed by atoms with Crippen molar-refractivity contribution in [1.82, 2.24) is 9.62 Å². The van der Waals surface area contributed by atoms with E-state index in [-0.39, 0.29) is 23.3 Å². The topological polar surface area (TPSA) is 110 Å². The SMILES string of the molecule is N#CCN(CC1CCC(CNC(=O)O)CC1)S(=O)(=O)c1ccc2ccccc2c1. The fourth-order valence-electron chi connectivity index (χ4n) is 3.94. The Morgan fingerprint density at radius 2 is 1.76 bits per heavy atom. The Labute approximate surface area is 171 Å². The van der Waals surface area contributed by atoms with E-state index in [0.29, 0.717) is 13.1 Å². The first-order valence-electron chi connectivity index (χ1n) is 9.73. The highest BCUT2D eigenvalue weighted by Gasteiger charge is 2.29. The molecule has 0 saturated heterocycles. The number of sulfonamides is 1. The van der Waals surface area contributed by atoms with Crippen molar-refractivity contribution >= 4 is 26.9 Å². The van der Waals surface area contributed by atoms with Crippen LogP contribution in [0.3, 0.4) is 0 Å². The summed E-state index contributed by atoms with van der Waals surface area (Å²) in [5, 5.41) is 22.1. The van der Waals surface area contributed by atoms with E-state index in [1.54, 1.807) is 18.2 Å². The van der Waals surface area contributed by atoms with Crippen molar-refractivity contribution in [2.45, 2.75) is 30.6 Å². The maximum atomic E-state index is 13.2. The summed E-state index contributed by atoms with van der Waals surface area (Å²) in [7, 11) is -3.77. The zero-order valence-electron chi connectivity index (χ0n) is 16.1. The number of hydrogen-bond acceptors (Lipinski definition) is 4. The van der Waals surface area contributed by atoms with Crippen LogP contribution in [-0.4, -0.2) is 43.6 Å². The van der Waals surface area contributed by atoms with Gasteiger partial charge in [-0.25, -0.2) is 13.2 Å². The first-order chi connectivity index (χ1) is 13.9. The van der Waals surface area contributed by atoms with Crippen molar-refractivity contribution in [3.8, 4) is 6.07 Å². The molecule has 1 aliphatic carbocycles. The molecule has 2 aromatic carbocycles. The highest BCUT2D eigenvalue weighted by Crippen LogP contribution is 2.30. The molecular formula is C21H25N3O4S. The van der Waals surface area contributed by atoms with Crippen LogP contribution in [0.25, 0.3) is 10.8 Å². The lowest BCUT2D eigenvalue weighted by molar-refractivity contribution is 0.186. The highest BCUT2D eigenvalue weighted by molar-refractivity contribution is 7.89. The van der Waals surface area contributed by atoms with Crippen molar-refractivity contribution in [2.24, 2.45) is 11.8 Å². The van der Waals surface area contributed by atoms with Gasteiger partial charge in [0.1, 0.15) is 6.54 Å². The van der Waals surface area contributed by atoms with Crippen LogP contribution < -0.4 is 5.32 Å². The summed E-state index contributed by atoms with van der Waals surface area (Å²) in [4.78, 5) is 10.8. The third-order valence-corrected chi connectivity index (χ3v) is 7.38. The lowest BCUT2D eigenvalue weighted by Gasteiger charge is -2.31. The van der Waals surface area contributed by atoms with Gasteiger partial charge in [0, 0.05) is 13.1 Å². The number of hydrogen-bond donors (Lipinski definition) is 2. The molecule has 2 N–H and O–H groups in total. The molecule has 7 nitrogen and oxygen atoms in total. The minimum atomic E-state index is -3.77. The maximum Gasteiger partial charge on any atom is 0.404 e. The lowest BCUT2D eigenvalue weighted by Crippen LogP contribution is -2.38. The summed E-state index contributed by atoms with van der Waals surface area (Å²) in [6.07, 6.45) is 2.32. The molecule has 3 rings (SSSR count). The number of fused-ring (bicyclic) bond motifs is 1. The standard InChI is InChI=1S/C21H25N3O4S/c22-11-12-24(15-17-7-5-16(6-8-17)14-23-21(25)26)29(27,28)20-10-9-18-3-1-2-4-19(18)13-20/h1-4,9-10,13,16-17,23H,5-8,12,14-15H2,(H,25,26). The molecule has 0 spiro atoms. The van der Waals surface area contributed by atoms with Gasteiger partial charge < -0.3 is 10.4 Å². The van der Waals surface area contributed by atoms with Gasteiger partial charge in [0.25, 0.3) is 0 Å². The zero-order valence-corrected chi connectivity index (χ0v) is 16.9. The predicted octanol–water partition coefficient (Wildman–Crippen LogP) is 3.43. The van der Waals surface area contributed by atoms with Gasteiger partial charge in [-0.1, -0.05) is 30.3 Å². The molecule has 154 valence electrons. The van der Waals surface area contributed by atoms with Gasteiger partial charge >= 0.3 is 6.09 Å². The van der Waals surface area contributed by atoms with Gasteiger partial charge in [-0.15, -0.1) is 0 Å². The average Bonchev–Trinajstić information content (AvgIpc) is 2.72. The summed E-state index contributed by atoms with van der Waals surface area (Å²) in [5.41, 5.74) is 0. The van der Waals surface area contributed by atoms with E-state index in [4.69, 9.17) is 5.11 Å². The number of carbonyl (C=O) groups is 1. The number of nitriles is 1. The van der Waals surface area contributed by atoms with Crippen LogP contribution in [0, 0.1) is 23.2 Å². The average molecular weight is 416 g/mol. The number of carboxylic acid groups (broad SMARTS) is 1. The molecule has 0 aliphatic heterocycles. The summed E-state index contributed by atoms with van der Waals surface area (Å²) in [6, 6.07) is 14.6. The fraction of sp³-hybridized carbons (Fsp3) is 0.429. The molecule has 0 heterocycles. The summed E-state index contributed by atoms with van der Waals surface area (Å²) < 4.78 is 27.6. The van der Waals surface area contributed by atoms with Crippen molar-refractivity contribution < 1.29 is 18.3 Å². The molecule has 2 aromatic rings. The molecule has 0 radical (unpaired) electrons. The Bertz CT molecular complexity index is 1010. The Morgan fingerprint density at radius 3 is 2.41 bits per heavy atom. The Morgan fingerprint density at radius 1 is 1.10 bits per heavy atom. The maximum absolute atomic E-state index is 13.2. The minimum absolute atomic E-state index is 0.166. The summed E-state index contributed by atoms with van der Waals surface area (Å²) in [5.74, 6) is 0.448. The number of nitrogens with zero attached hydrogens (tertiary/aromatic N) is 2. The van der Waals surface area contributed by atoms with E-state index in [9.17, 15) is 18.5 Å². The van der Waals surface area contributed by atoms with Crippen LogP contribution in [0.4, 0.5) is 4.79 Å². The largest absolute Gasteiger partial charge is 0.465 e. The molecular weight excluding hydrogens is 390 g/mol. The molecule has 1 saturated carbocycles. The van der Waals surface area contributed by atoms with Crippen molar-refractivity contribution in [2.75, 3.05) is 19.6 Å². The van der Waals surface area contributed by atoms with E-state index < -0.39 is 16.1 Å². The molecule has 8 heteroatoms. The van der Waals surface area contributed by atoms with Crippen LogP contribution in [0.5, 0.6) is 0 Å². The molecule has 0 unspecified atom stereocenters. The van der Waals surface area contributed by atoms with Crippen molar-refractivity contribution in [1.29, 1.82) is 5.26 Å². The molecule has 0 atom stereocenters. The van der Waals surface area contributed by atoms with E-state index in [1.807, 2.05) is 30.3 Å². The van der Waals surface area contributed by atoms with Gasteiger partial charge in [-0.05, 0) is 60.4 Å². The van der Waals surface area contributed by atoms with Crippen molar-refractivity contribution in [3.63, 3.8) is 0 Å². The monoisotopic (exact) mass is 415 g/mol. The Balaban J connectivity index is 1.70. The first-order valence-corrected chi connectivity index (χ1v) is 11.2. The van der Waals surface area contributed by atoms with Gasteiger partial charge in [-0.3, -0.25) is 0 Å². The molecule has 29 heavy (non-hydrogen) atoms. The Kier molecular flexibility index (Phi) is 6.72. The fourth-order valence-corrected chi connectivity index (χ4v) is 5.39. The molecule has 0 aromatic heterocycles.